The summed E-state index contributed by atoms with van der Waals surface area (Å²) in [7, 11) is 1.57. The van der Waals surface area contributed by atoms with E-state index in [1.807, 2.05) is 31.2 Å². The quantitative estimate of drug-likeness (QED) is 0.596. The summed E-state index contributed by atoms with van der Waals surface area (Å²) in [6, 6.07) is 12.6. The lowest BCUT2D eigenvalue weighted by atomic mass is 9.98. The molecule has 0 aliphatic carbocycles. The molecule has 8 heteroatoms. The number of alkyl carbamates (subject to hydrolysis) is 1. The van der Waals surface area contributed by atoms with Crippen LogP contribution in [0.5, 0.6) is 5.75 Å². The Hall–Kier alpha value is -3.55. The summed E-state index contributed by atoms with van der Waals surface area (Å²) in [6.45, 7) is 10.8. The lowest BCUT2D eigenvalue weighted by molar-refractivity contribution is -0.140. The first kappa shape index (κ1) is 26.7. The second kappa shape index (κ2) is 11.5. The topological polar surface area (TPSA) is 97.0 Å². The molecule has 0 bridgehead atoms. The van der Waals surface area contributed by atoms with Crippen LogP contribution in [0.1, 0.15) is 51.8 Å². The Morgan fingerprint density at radius 3 is 2.18 bits per heavy atom. The Morgan fingerprint density at radius 2 is 1.65 bits per heavy atom. The molecule has 0 fully saturated rings. The van der Waals surface area contributed by atoms with E-state index in [0.717, 1.165) is 5.56 Å². The summed E-state index contributed by atoms with van der Waals surface area (Å²) in [5.74, 6) is -0.0912. The van der Waals surface area contributed by atoms with Crippen molar-refractivity contribution in [2.24, 2.45) is 0 Å². The predicted molar refractivity (Wildman–Crippen MR) is 132 cm³/mol. The van der Waals surface area contributed by atoms with Crippen molar-refractivity contribution in [1.82, 2.24) is 10.2 Å². The number of rotatable bonds is 8. The highest BCUT2D eigenvalue weighted by Crippen LogP contribution is 2.27. The first-order valence-corrected chi connectivity index (χ1v) is 11.3. The molecule has 0 saturated heterocycles. The summed E-state index contributed by atoms with van der Waals surface area (Å²) in [4.78, 5) is 40.6. The molecule has 2 aromatic rings. The van der Waals surface area contributed by atoms with E-state index in [4.69, 9.17) is 9.47 Å². The average molecular weight is 470 g/mol. The third-order valence-electron chi connectivity index (χ3n) is 5.13. The van der Waals surface area contributed by atoms with Crippen molar-refractivity contribution in [1.29, 1.82) is 0 Å². The first-order valence-electron chi connectivity index (χ1n) is 11.3. The van der Waals surface area contributed by atoms with Gasteiger partial charge in [-0.25, -0.2) is 4.79 Å². The molecule has 2 aromatic carbocycles. The van der Waals surface area contributed by atoms with Crippen molar-refractivity contribution in [3.05, 3.63) is 59.7 Å². The van der Waals surface area contributed by atoms with Crippen molar-refractivity contribution < 1.29 is 23.9 Å². The fourth-order valence-corrected chi connectivity index (χ4v) is 3.49. The number of methoxy groups -OCH3 is 1. The molecule has 0 radical (unpaired) electrons. The fourth-order valence-electron chi connectivity index (χ4n) is 3.49. The zero-order chi connectivity index (χ0) is 25.5. The van der Waals surface area contributed by atoms with E-state index in [9.17, 15) is 14.4 Å². The van der Waals surface area contributed by atoms with Gasteiger partial charge in [0.05, 0.1) is 7.11 Å². The van der Waals surface area contributed by atoms with E-state index in [1.165, 1.54) is 4.90 Å². The minimum atomic E-state index is -0.899. The van der Waals surface area contributed by atoms with Gasteiger partial charge in [0, 0.05) is 12.2 Å². The number of ether oxygens (including phenoxy) is 2. The largest absolute Gasteiger partial charge is 0.497 e. The number of nitrogens with one attached hydrogen (secondary N) is 2. The van der Waals surface area contributed by atoms with Gasteiger partial charge in [-0.3, -0.25) is 9.59 Å². The highest BCUT2D eigenvalue weighted by molar-refractivity contribution is 5.99. The van der Waals surface area contributed by atoms with Gasteiger partial charge >= 0.3 is 6.09 Å². The molecule has 0 heterocycles. The molecule has 0 aliphatic heterocycles. The van der Waals surface area contributed by atoms with Gasteiger partial charge in [-0.2, -0.15) is 0 Å². The monoisotopic (exact) mass is 469 g/mol. The summed E-state index contributed by atoms with van der Waals surface area (Å²) in [6.07, 6.45) is -0.695. The van der Waals surface area contributed by atoms with Crippen LogP contribution in [-0.4, -0.2) is 48.1 Å². The van der Waals surface area contributed by atoms with Crippen molar-refractivity contribution in [3.8, 4) is 5.75 Å². The zero-order valence-corrected chi connectivity index (χ0v) is 21.0. The minimum Gasteiger partial charge on any atom is -0.497 e. The zero-order valence-electron chi connectivity index (χ0n) is 21.0. The fraction of sp³-hybridized carbons (Fsp3) is 0.423. The SMILES string of the molecule is CCN(C(=O)C(C)NC(=O)OC(C)(C)C)C(C(=O)Nc1ccc(OC)cc1)c1ccccc1C. The summed E-state index contributed by atoms with van der Waals surface area (Å²) in [5, 5.41) is 5.47. The third-order valence-corrected chi connectivity index (χ3v) is 5.13. The van der Waals surface area contributed by atoms with E-state index in [0.29, 0.717) is 17.0 Å². The number of hydrogen-bond acceptors (Lipinski definition) is 5. The highest BCUT2D eigenvalue weighted by atomic mass is 16.6. The second-order valence-electron chi connectivity index (χ2n) is 8.97. The molecule has 2 N–H and O–H groups in total. The van der Waals surface area contributed by atoms with Gasteiger partial charge in [0.2, 0.25) is 5.91 Å². The number of likely N-dealkylation sites (N-methyl/N-ethyl adjacent to an activating group) is 1. The van der Waals surface area contributed by atoms with Gasteiger partial charge in [0.1, 0.15) is 23.4 Å². The number of carbonyl (C=O) groups excluding carboxylic acids is 3. The van der Waals surface area contributed by atoms with E-state index in [1.54, 1.807) is 66.0 Å². The number of carbonyl (C=O) groups is 3. The van der Waals surface area contributed by atoms with Gasteiger partial charge in [-0.1, -0.05) is 24.3 Å². The molecule has 3 amide bonds. The normalized spacial score (nSPS) is 12.8. The van der Waals surface area contributed by atoms with Crippen LogP contribution in [0.4, 0.5) is 10.5 Å². The molecule has 34 heavy (non-hydrogen) atoms. The lowest BCUT2D eigenvalue weighted by Gasteiger charge is -2.33. The smallest absolute Gasteiger partial charge is 0.408 e. The summed E-state index contributed by atoms with van der Waals surface area (Å²) >= 11 is 0. The van der Waals surface area contributed by atoms with Crippen LogP contribution in [-0.2, 0) is 14.3 Å². The Labute approximate surface area is 201 Å². The Morgan fingerprint density at radius 1 is 1.03 bits per heavy atom. The van der Waals surface area contributed by atoms with E-state index >= 15 is 0 Å². The van der Waals surface area contributed by atoms with E-state index in [2.05, 4.69) is 10.6 Å². The van der Waals surface area contributed by atoms with Gasteiger partial charge in [-0.15, -0.1) is 0 Å². The number of hydrogen-bond donors (Lipinski definition) is 2. The van der Waals surface area contributed by atoms with E-state index < -0.39 is 29.7 Å². The molecule has 0 aromatic heterocycles. The van der Waals surface area contributed by atoms with E-state index in [-0.39, 0.29) is 12.5 Å². The molecular formula is C26H35N3O5. The van der Waals surface area contributed by atoms with Crippen LogP contribution in [0, 0.1) is 6.92 Å². The molecule has 2 rings (SSSR count). The Bertz CT molecular complexity index is 998. The third kappa shape index (κ3) is 7.23. The maximum Gasteiger partial charge on any atom is 0.408 e. The number of aryl methyl sites for hydroxylation is 1. The van der Waals surface area contributed by atoms with Crippen LogP contribution in [0.3, 0.4) is 0 Å². The standard InChI is InChI=1S/C26H35N3O5/c1-8-29(24(31)18(3)27-25(32)34-26(4,5)6)22(21-12-10-9-11-17(21)2)23(30)28-19-13-15-20(33-7)16-14-19/h9-16,18,22H,8H2,1-7H3,(H,27,32)(H,28,30). The van der Waals surface area contributed by atoms with Crippen LogP contribution >= 0.6 is 0 Å². The number of benzene rings is 2. The Balaban J connectivity index is 2.33. The lowest BCUT2D eigenvalue weighted by Crippen LogP contribution is -2.51. The number of amides is 3. The van der Waals surface area contributed by atoms with Gasteiger partial charge in [-0.05, 0) is 76.9 Å². The van der Waals surface area contributed by atoms with Crippen LogP contribution in [0.2, 0.25) is 0 Å². The predicted octanol–water partition coefficient (Wildman–Crippen LogP) is 4.45. The molecule has 2 atom stereocenters. The van der Waals surface area contributed by atoms with Crippen molar-refractivity contribution >= 4 is 23.6 Å². The average Bonchev–Trinajstić information content (AvgIpc) is 2.76. The van der Waals surface area contributed by atoms with Crippen molar-refractivity contribution in [2.45, 2.75) is 59.2 Å². The van der Waals surface area contributed by atoms with Crippen molar-refractivity contribution in [2.75, 3.05) is 19.0 Å². The molecule has 184 valence electrons. The maximum atomic E-state index is 13.5. The molecule has 2 unspecified atom stereocenters. The molecule has 0 spiro atoms. The molecular weight excluding hydrogens is 434 g/mol. The van der Waals surface area contributed by atoms with Crippen molar-refractivity contribution in [3.63, 3.8) is 0 Å². The highest BCUT2D eigenvalue weighted by Gasteiger charge is 2.34. The van der Waals surface area contributed by atoms with Gasteiger partial charge in [0.25, 0.3) is 5.91 Å². The maximum absolute atomic E-state index is 13.5. The molecule has 8 nitrogen and oxygen atoms in total. The number of anilines is 1. The minimum absolute atomic E-state index is 0.258. The number of nitrogens with zero attached hydrogens (tertiary/aromatic N) is 1. The van der Waals surface area contributed by atoms with Gasteiger partial charge in [0.15, 0.2) is 0 Å². The summed E-state index contributed by atoms with van der Waals surface area (Å²) in [5.41, 5.74) is 1.46. The Kier molecular flexibility index (Phi) is 9.06. The van der Waals surface area contributed by atoms with Crippen LogP contribution < -0.4 is 15.4 Å². The second-order valence-corrected chi connectivity index (χ2v) is 8.97. The van der Waals surface area contributed by atoms with Crippen LogP contribution in [0.25, 0.3) is 0 Å². The molecule has 0 aliphatic rings. The first-order chi connectivity index (χ1) is 16.0. The summed E-state index contributed by atoms with van der Waals surface area (Å²) < 4.78 is 10.4. The van der Waals surface area contributed by atoms with Gasteiger partial charge < -0.3 is 25.0 Å². The van der Waals surface area contributed by atoms with Crippen LogP contribution in [0.15, 0.2) is 48.5 Å². The molecule has 0 saturated carbocycles.